The topological polar surface area (TPSA) is 138 Å². The number of hydrogen-bond donors (Lipinski definition) is 4. The SMILES string of the molecule is CCC(=O)[C@H](Cc1c[nH]cn1)NC(=O)[C@@H](N)CC(=O)O. The van der Waals surface area contributed by atoms with Crippen LogP contribution >= 0.6 is 0 Å². The largest absolute Gasteiger partial charge is 0.481 e. The first-order valence-corrected chi connectivity index (χ1v) is 6.22. The molecule has 0 aromatic carbocycles. The maximum Gasteiger partial charge on any atom is 0.305 e. The molecule has 0 spiro atoms. The van der Waals surface area contributed by atoms with Gasteiger partial charge in [-0.1, -0.05) is 6.92 Å². The number of carboxylic acids is 1. The van der Waals surface area contributed by atoms with Crippen LogP contribution in [0.25, 0.3) is 0 Å². The summed E-state index contributed by atoms with van der Waals surface area (Å²) in [4.78, 5) is 40.8. The summed E-state index contributed by atoms with van der Waals surface area (Å²) in [5.41, 5.74) is 6.08. The first kappa shape index (κ1) is 15.8. The maximum absolute atomic E-state index is 11.8. The van der Waals surface area contributed by atoms with Gasteiger partial charge in [-0.3, -0.25) is 14.4 Å². The third-order valence-corrected chi connectivity index (χ3v) is 2.75. The Labute approximate surface area is 115 Å². The average molecular weight is 282 g/mol. The molecule has 0 aliphatic heterocycles. The number of aliphatic carboxylic acids is 1. The van der Waals surface area contributed by atoms with Gasteiger partial charge in [0.05, 0.1) is 30.5 Å². The number of aromatic nitrogens is 2. The quantitative estimate of drug-likeness (QED) is 0.493. The summed E-state index contributed by atoms with van der Waals surface area (Å²) < 4.78 is 0. The van der Waals surface area contributed by atoms with Crippen molar-refractivity contribution in [2.24, 2.45) is 5.73 Å². The van der Waals surface area contributed by atoms with E-state index in [0.717, 1.165) is 0 Å². The van der Waals surface area contributed by atoms with Crippen LogP contribution in [0.2, 0.25) is 0 Å². The number of hydrogen-bond acceptors (Lipinski definition) is 5. The van der Waals surface area contributed by atoms with Crippen LogP contribution in [0.4, 0.5) is 0 Å². The average Bonchev–Trinajstić information content (AvgIpc) is 2.89. The fourth-order valence-electron chi connectivity index (χ4n) is 1.66. The van der Waals surface area contributed by atoms with Gasteiger partial charge in [0.15, 0.2) is 5.78 Å². The second-order valence-electron chi connectivity index (χ2n) is 4.35. The van der Waals surface area contributed by atoms with E-state index < -0.39 is 30.4 Å². The highest BCUT2D eigenvalue weighted by Gasteiger charge is 2.24. The standard InChI is InChI=1S/C12H18N4O4/c1-2-10(17)9(3-7-5-14-6-15-7)16-12(20)8(13)4-11(18)19/h5-6,8-9H,2-4,13H2,1H3,(H,14,15)(H,16,20)(H,18,19)/t8-,9-/m0/s1. The van der Waals surface area contributed by atoms with E-state index in [1.165, 1.54) is 6.33 Å². The number of carboxylic acid groups (broad SMARTS) is 1. The number of imidazole rings is 1. The summed E-state index contributed by atoms with van der Waals surface area (Å²) in [7, 11) is 0. The van der Waals surface area contributed by atoms with Gasteiger partial charge in [0.2, 0.25) is 5.91 Å². The van der Waals surface area contributed by atoms with Crippen molar-refractivity contribution in [1.82, 2.24) is 15.3 Å². The van der Waals surface area contributed by atoms with E-state index in [2.05, 4.69) is 15.3 Å². The van der Waals surface area contributed by atoms with Crippen molar-refractivity contribution in [3.8, 4) is 0 Å². The second-order valence-corrected chi connectivity index (χ2v) is 4.35. The lowest BCUT2D eigenvalue weighted by Gasteiger charge is -2.18. The molecule has 1 rings (SSSR count). The summed E-state index contributed by atoms with van der Waals surface area (Å²) in [6.45, 7) is 1.68. The number of nitrogens with one attached hydrogen (secondary N) is 2. The number of Topliss-reactive ketones (excluding diaryl/α,β-unsaturated/α-hetero) is 1. The number of carbonyl (C=O) groups excluding carboxylic acids is 2. The molecule has 0 aliphatic rings. The number of nitrogens with two attached hydrogens (primary N) is 1. The molecule has 0 saturated heterocycles. The van der Waals surface area contributed by atoms with Crippen molar-refractivity contribution in [1.29, 1.82) is 0 Å². The van der Waals surface area contributed by atoms with E-state index in [1.807, 2.05) is 0 Å². The van der Waals surface area contributed by atoms with Crippen molar-refractivity contribution >= 4 is 17.7 Å². The second kappa shape index (κ2) is 7.39. The van der Waals surface area contributed by atoms with Gasteiger partial charge < -0.3 is 21.1 Å². The molecular weight excluding hydrogens is 264 g/mol. The molecule has 0 fully saturated rings. The number of amides is 1. The lowest BCUT2D eigenvalue weighted by molar-refractivity contribution is -0.139. The Hall–Kier alpha value is -2.22. The van der Waals surface area contributed by atoms with Crippen LogP contribution in [0.3, 0.4) is 0 Å². The molecule has 2 atom stereocenters. The molecule has 1 amide bonds. The molecule has 8 heteroatoms. The van der Waals surface area contributed by atoms with Crippen LogP contribution in [0.5, 0.6) is 0 Å². The Morgan fingerprint density at radius 3 is 2.70 bits per heavy atom. The normalized spacial score (nSPS) is 13.5. The molecule has 1 heterocycles. The molecule has 0 unspecified atom stereocenters. The van der Waals surface area contributed by atoms with Crippen molar-refractivity contribution in [2.75, 3.05) is 0 Å². The van der Waals surface area contributed by atoms with Gasteiger partial charge in [0, 0.05) is 19.0 Å². The van der Waals surface area contributed by atoms with E-state index in [9.17, 15) is 14.4 Å². The first-order valence-electron chi connectivity index (χ1n) is 6.22. The number of ketones is 1. The van der Waals surface area contributed by atoms with Gasteiger partial charge >= 0.3 is 5.97 Å². The highest BCUT2D eigenvalue weighted by molar-refractivity contribution is 5.92. The smallest absolute Gasteiger partial charge is 0.305 e. The Balaban J connectivity index is 2.67. The maximum atomic E-state index is 11.8. The van der Waals surface area contributed by atoms with Crippen LogP contribution in [0.1, 0.15) is 25.5 Å². The summed E-state index contributed by atoms with van der Waals surface area (Å²) in [5, 5.41) is 11.1. The van der Waals surface area contributed by atoms with Gasteiger partial charge in [0.1, 0.15) is 0 Å². The van der Waals surface area contributed by atoms with Crippen molar-refractivity contribution < 1.29 is 19.5 Å². The lowest BCUT2D eigenvalue weighted by atomic mass is 10.0. The lowest BCUT2D eigenvalue weighted by Crippen LogP contribution is -2.49. The molecule has 110 valence electrons. The highest BCUT2D eigenvalue weighted by Crippen LogP contribution is 2.03. The van der Waals surface area contributed by atoms with Gasteiger partial charge in [-0.25, -0.2) is 4.98 Å². The number of rotatable bonds is 8. The van der Waals surface area contributed by atoms with E-state index in [4.69, 9.17) is 10.8 Å². The van der Waals surface area contributed by atoms with Gasteiger partial charge in [-0.2, -0.15) is 0 Å². The van der Waals surface area contributed by atoms with Crippen LogP contribution < -0.4 is 11.1 Å². The zero-order chi connectivity index (χ0) is 15.1. The van der Waals surface area contributed by atoms with Crippen LogP contribution in [-0.2, 0) is 20.8 Å². The van der Waals surface area contributed by atoms with Crippen LogP contribution in [0.15, 0.2) is 12.5 Å². The Morgan fingerprint density at radius 1 is 1.50 bits per heavy atom. The third-order valence-electron chi connectivity index (χ3n) is 2.75. The molecule has 20 heavy (non-hydrogen) atoms. The molecule has 1 aromatic rings. The van der Waals surface area contributed by atoms with E-state index in [0.29, 0.717) is 5.69 Å². The first-order chi connectivity index (χ1) is 9.43. The summed E-state index contributed by atoms with van der Waals surface area (Å²) >= 11 is 0. The Kier molecular flexibility index (Phi) is 5.85. The molecule has 1 aromatic heterocycles. The summed E-state index contributed by atoms with van der Waals surface area (Å²) in [5.74, 6) is -1.99. The molecule has 0 radical (unpaired) electrons. The van der Waals surface area contributed by atoms with Crippen molar-refractivity contribution in [3.05, 3.63) is 18.2 Å². The minimum atomic E-state index is -1.18. The molecular formula is C12H18N4O4. The zero-order valence-corrected chi connectivity index (χ0v) is 11.1. The minimum Gasteiger partial charge on any atom is -0.481 e. The fourth-order valence-corrected chi connectivity index (χ4v) is 1.66. The number of carbonyl (C=O) groups is 3. The predicted molar refractivity (Wildman–Crippen MR) is 69.7 cm³/mol. The predicted octanol–water partition coefficient (Wildman–Crippen LogP) is -0.782. The van der Waals surface area contributed by atoms with Crippen molar-refractivity contribution in [3.63, 3.8) is 0 Å². The monoisotopic (exact) mass is 282 g/mol. The number of H-pyrrole nitrogens is 1. The molecule has 0 bridgehead atoms. The van der Waals surface area contributed by atoms with Crippen LogP contribution in [0, 0.1) is 0 Å². The molecule has 0 aliphatic carbocycles. The third kappa shape index (κ3) is 4.81. The molecule has 8 nitrogen and oxygen atoms in total. The van der Waals surface area contributed by atoms with Crippen molar-refractivity contribution in [2.45, 2.75) is 38.3 Å². The number of aromatic amines is 1. The van der Waals surface area contributed by atoms with E-state index in [-0.39, 0.29) is 18.6 Å². The zero-order valence-electron chi connectivity index (χ0n) is 11.1. The van der Waals surface area contributed by atoms with Gasteiger partial charge in [-0.15, -0.1) is 0 Å². The van der Waals surface area contributed by atoms with E-state index >= 15 is 0 Å². The summed E-state index contributed by atoms with van der Waals surface area (Å²) in [6, 6.07) is -1.94. The number of nitrogens with zero attached hydrogens (tertiary/aromatic N) is 1. The fraction of sp³-hybridized carbons (Fsp3) is 0.500. The van der Waals surface area contributed by atoms with E-state index in [1.54, 1.807) is 13.1 Å². The van der Waals surface area contributed by atoms with Gasteiger partial charge in [0.25, 0.3) is 0 Å². The Morgan fingerprint density at radius 2 is 2.20 bits per heavy atom. The Bertz CT molecular complexity index is 472. The van der Waals surface area contributed by atoms with Gasteiger partial charge in [-0.05, 0) is 0 Å². The minimum absolute atomic E-state index is 0.163. The highest BCUT2D eigenvalue weighted by atomic mass is 16.4. The summed E-state index contributed by atoms with van der Waals surface area (Å²) in [6.07, 6.45) is 3.10. The van der Waals surface area contributed by atoms with Crippen LogP contribution in [-0.4, -0.2) is 44.8 Å². The molecule has 5 N–H and O–H groups in total. The molecule has 0 saturated carbocycles.